The molecule has 0 aliphatic heterocycles. The fourth-order valence-electron chi connectivity index (χ4n) is 4.13. The van der Waals surface area contributed by atoms with Crippen LogP contribution in [0.2, 0.25) is 0 Å². The summed E-state index contributed by atoms with van der Waals surface area (Å²) in [4.78, 5) is 52.6. The average molecular weight is 479 g/mol. The number of rotatable bonds is 11. The summed E-state index contributed by atoms with van der Waals surface area (Å²) in [7, 11) is 0. The van der Waals surface area contributed by atoms with Crippen LogP contribution in [-0.4, -0.2) is 40.8 Å². The second-order valence-electron chi connectivity index (χ2n) is 9.41. The number of ketones is 2. The number of hydrogen-bond donors (Lipinski definition) is 0. The summed E-state index contributed by atoms with van der Waals surface area (Å²) >= 11 is 0. The summed E-state index contributed by atoms with van der Waals surface area (Å²) in [6, 6.07) is 10.0. The number of carbonyl (C=O) groups excluding carboxylic acids is 3. The molecular weight excluding hydrogens is 448 g/mol. The molecule has 8 heteroatoms. The molecule has 184 valence electrons. The van der Waals surface area contributed by atoms with E-state index < -0.39 is 10.9 Å². The van der Waals surface area contributed by atoms with Gasteiger partial charge in [0.1, 0.15) is 0 Å². The normalized spacial score (nSPS) is 12.5. The molecule has 0 atom stereocenters. The number of nitrogens with zero attached hydrogens (tertiary/aromatic N) is 2. The zero-order valence-corrected chi connectivity index (χ0v) is 20.5. The number of non-ortho nitro benzene ring substituents is 1. The number of fused-ring (bicyclic) bond motifs is 3. The van der Waals surface area contributed by atoms with Crippen molar-refractivity contribution < 1.29 is 24.0 Å². The minimum Gasteiger partial charge on any atom is -0.463 e. The van der Waals surface area contributed by atoms with Crippen LogP contribution in [0, 0.1) is 16.0 Å². The lowest BCUT2D eigenvalue weighted by Gasteiger charge is -2.10. The Labute approximate surface area is 204 Å². The van der Waals surface area contributed by atoms with Crippen molar-refractivity contribution in [1.29, 1.82) is 0 Å². The molecule has 35 heavy (non-hydrogen) atoms. The molecule has 0 aromatic heterocycles. The summed E-state index contributed by atoms with van der Waals surface area (Å²) in [6.07, 6.45) is 0.640. The molecule has 0 fully saturated rings. The highest BCUT2D eigenvalue weighted by atomic mass is 16.6. The molecule has 0 unspecified atom stereocenters. The van der Waals surface area contributed by atoms with Gasteiger partial charge in [-0.3, -0.25) is 29.5 Å². The molecule has 8 nitrogen and oxygen atoms in total. The van der Waals surface area contributed by atoms with Crippen molar-refractivity contribution in [3.8, 4) is 11.1 Å². The number of carbonyl (C=O) groups is 3. The zero-order valence-electron chi connectivity index (χ0n) is 20.5. The molecule has 2 aromatic rings. The van der Waals surface area contributed by atoms with E-state index in [2.05, 4.69) is 4.99 Å². The van der Waals surface area contributed by atoms with E-state index in [-0.39, 0.29) is 54.4 Å². The minimum atomic E-state index is -0.431. The van der Waals surface area contributed by atoms with E-state index in [0.29, 0.717) is 18.4 Å². The molecular formula is C27H30N2O6. The van der Waals surface area contributed by atoms with Gasteiger partial charge in [-0.15, -0.1) is 0 Å². The summed E-state index contributed by atoms with van der Waals surface area (Å²) in [6.45, 7) is 7.26. The number of esters is 1. The van der Waals surface area contributed by atoms with Crippen LogP contribution in [0.1, 0.15) is 68.4 Å². The van der Waals surface area contributed by atoms with Gasteiger partial charge >= 0.3 is 5.97 Å². The third kappa shape index (κ3) is 6.68. The van der Waals surface area contributed by atoms with Crippen LogP contribution in [0.25, 0.3) is 11.1 Å². The second-order valence-corrected chi connectivity index (χ2v) is 9.41. The maximum absolute atomic E-state index is 13.3. The van der Waals surface area contributed by atoms with E-state index >= 15 is 0 Å². The fourth-order valence-corrected chi connectivity index (χ4v) is 4.13. The molecule has 2 aromatic carbocycles. The van der Waals surface area contributed by atoms with Gasteiger partial charge in [0.2, 0.25) is 5.78 Å². The Bertz CT molecular complexity index is 1200. The van der Waals surface area contributed by atoms with Crippen LogP contribution >= 0.6 is 0 Å². The van der Waals surface area contributed by atoms with Crippen molar-refractivity contribution in [3.05, 3.63) is 63.2 Å². The van der Waals surface area contributed by atoms with Gasteiger partial charge in [0.15, 0.2) is 5.78 Å². The van der Waals surface area contributed by atoms with Gasteiger partial charge < -0.3 is 4.74 Å². The van der Waals surface area contributed by atoms with Crippen LogP contribution in [0.4, 0.5) is 5.69 Å². The summed E-state index contributed by atoms with van der Waals surface area (Å²) in [5.41, 5.74) is 4.16. The molecule has 0 saturated carbocycles. The summed E-state index contributed by atoms with van der Waals surface area (Å²) in [5.74, 6) is -0.655. The Kier molecular flexibility index (Phi) is 8.27. The van der Waals surface area contributed by atoms with Crippen molar-refractivity contribution in [2.24, 2.45) is 10.9 Å². The van der Waals surface area contributed by atoms with E-state index in [1.807, 2.05) is 19.9 Å². The molecule has 0 radical (unpaired) electrons. The molecule has 0 amide bonds. The maximum atomic E-state index is 13.3. The van der Waals surface area contributed by atoms with E-state index in [4.69, 9.17) is 4.74 Å². The van der Waals surface area contributed by atoms with E-state index in [9.17, 15) is 24.5 Å². The van der Waals surface area contributed by atoms with Crippen molar-refractivity contribution in [2.75, 3.05) is 6.54 Å². The lowest BCUT2D eigenvalue weighted by molar-refractivity contribution is -0.384. The number of hydrogen-bond acceptors (Lipinski definition) is 7. The SMILES string of the molecule is CC(C)CC(=O)CN=C(CCC(=O)OC(C)C)C(=O)c1ccc2c(c1)Cc1cc([N+](=O)[O-])ccc1-2. The first-order valence-electron chi connectivity index (χ1n) is 11.7. The van der Waals surface area contributed by atoms with Crippen LogP contribution in [0.3, 0.4) is 0 Å². The van der Waals surface area contributed by atoms with Crippen LogP contribution in [-0.2, 0) is 20.7 Å². The van der Waals surface area contributed by atoms with Gasteiger partial charge in [0, 0.05) is 30.5 Å². The summed E-state index contributed by atoms with van der Waals surface area (Å²) in [5, 5.41) is 11.1. The summed E-state index contributed by atoms with van der Waals surface area (Å²) < 4.78 is 5.17. The number of benzene rings is 2. The predicted molar refractivity (Wildman–Crippen MR) is 133 cm³/mol. The standard InChI is InChI=1S/C27H30N2O6/c1-16(2)11-22(30)15-28-25(9-10-26(31)35-17(3)4)27(32)18-5-7-23-19(12-18)13-20-14-21(29(33)34)6-8-24(20)23/h5-8,12,14,16-17H,9-11,13,15H2,1-4H3. The lowest BCUT2D eigenvalue weighted by atomic mass is 9.98. The van der Waals surface area contributed by atoms with E-state index in [1.165, 1.54) is 6.07 Å². The Morgan fingerprint density at radius 3 is 2.29 bits per heavy atom. The molecule has 3 rings (SSSR count). The van der Waals surface area contributed by atoms with E-state index in [0.717, 1.165) is 22.3 Å². The van der Waals surface area contributed by atoms with Crippen molar-refractivity contribution >= 4 is 28.9 Å². The van der Waals surface area contributed by atoms with Gasteiger partial charge in [-0.25, -0.2) is 0 Å². The molecule has 0 bridgehead atoms. The second kappa shape index (κ2) is 11.2. The Balaban J connectivity index is 1.83. The highest BCUT2D eigenvalue weighted by Crippen LogP contribution is 2.38. The number of aliphatic imine (C=N–C) groups is 1. The number of nitro groups is 1. The first-order chi connectivity index (χ1) is 16.5. The number of Topliss-reactive ketones (excluding diaryl/α,β-unsaturated/α-hetero) is 2. The number of nitro benzene ring substituents is 1. The molecule has 0 spiro atoms. The Morgan fingerprint density at radius 1 is 1.00 bits per heavy atom. The van der Waals surface area contributed by atoms with Gasteiger partial charge in [0.25, 0.3) is 5.69 Å². The zero-order chi connectivity index (χ0) is 25.7. The Morgan fingerprint density at radius 2 is 1.66 bits per heavy atom. The minimum absolute atomic E-state index is 0.0127. The molecule has 1 aliphatic carbocycles. The van der Waals surface area contributed by atoms with Crippen molar-refractivity contribution in [1.82, 2.24) is 0 Å². The first kappa shape index (κ1) is 25.9. The number of ether oxygens (including phenoxy) is 1. The lowest BCUT2D eigenvalue weighted by Crippen LogP contribution is -2.20. The van der Waals surface area contributed by atoms with Crippen LogP contribution < -0.4 is 0 Å². The smallest absolute Gasteiger partial charge is 0.306 e. The highest BCUT2D eigenvalue weighted by molar-refractivity contribution is 6.46. The van der Waals surface area contributed by atoms with Crippen molar-refractivity contribution in [2.45, 2.75) is 59.5 Å². The topological polar surface area (TPSA) is 116 Å². The Hall–Kier alpha value is -3.68. The van der Waals surface area contributed by atoms with Gasteiger partial charge in [0.05, 0.1) is 29.7 Å². The highest BCUT2D eigenvalue weighted by Gasteiger charge is 2.24. The average Bonchev–Trinajstić information content (AvgIpc) is 3.14. The predicted octanol–water partition coefficient (Wildman–Crippen LogP) is 5.14. The van der Waals surface area contributed by atoms with Crippen LogP contribution in [0.15, 0.2) is 41.4 Å². The fraction of sp³-hybridized carbons (Fsp3) is 0.407. The quantitative estimate of drug-likeness (QED) is 0.124. The third-order valence-electron chi connectivity index (χ3n) is 5.62. The van der Waals surface area contributed by atoms with Crippen molar-refractivity contribution in [3.63, 3.8) is 0 Å². The first-order valence-corrected chi connectivity index (χ1v) is 11.7. The molecule has 0 saturated heterocycles. The molecule has 0 N–H and O–H groups in total. The monoisotopic (exact) mass is 478 g/mol. The molecule has 1 aliphatic rings. The van der Waals surface area contributed by atoms with Gasteiger partial charge in [-0.05, 0) is 60.6 Å². The van der Waals surface area contributed by atoms with Crippen LogP contribution in [0.5, 0.6) is 0 Å². The largest absolute Gasteiger partial charge is 0.463 e. The third-order valence-corrected chi connectivity index (χ3v) is 5.62. The molecule has 0 heterocycles. The van der Waals surface area contributed by atoms with Gasteiger partial charge in [-0.2, -0.15) is 0 Å². The maximum Gasteiger partial charge on any atom is 0.306 e. The van der Waals surface area contributed by atoms with E-state index in [1.54, 1.807) is 38.1 Å². The van der Waals surface area contributed by atoms with Gasteiger partial charge in [-0.1, -0.05) is 26.0 Å².